The zero-order chi connectivity index (χ0) is 12.1. The van der Waals surface area contributed by atoms with Gasteiger partial charge in [0.1, 0.15) is 18.5 Å². The Bertz CT molecular complexity index is 465. The fourth-order valence-electron chi connectivity index (χ4n) is 1.65. The number of aliphatic hydroxyl groups excluding tert-OH is 1. The molecule has 0 aliphatic rings. The maximum atomic E-state index is 9.93. The summed E-state index contributed by atoms with van der Waals surface area (Å²) >= 11 is 0. The van der Waals surface area contributed by atoms with E-state index in [4.69, 9.17) is 4.74 Å². The summed E-state index contributed by atoms with van der Waals surface area (Å²) in [5, 5.41) is 9.93. The summed E-state index contributed by atoms with van der Waals surface area (Å²) in [6.45, 7) is 2.29. The number of aliphatic hydroxyl groups is 1. The molecule has 0 amide bonds. The lowest BCUT2D eigenvalue weighted by atomic mass is 10.1. The van der Waals surface area contributed by atoms with Crippen molar-refractivity contribution in [1.29, 1.82) is 0 Å². The molecule has 2 aromatic carbocycles. The van der Waals surface area contributed by atoms with Crippen molar-refractivity contribution in [1.82, 2.24) is 0 Å². The SMILES string of the molecule is Cc1cccc(OCC(O)c2ccccc2)c1. The lowest BCUT2D eigenvalue weighted by Crippen LogP contribution is -2.09. The van der Waals surface area contributed by atoms with Crippen LogP contribution in [-0.4, -0.2) is 11.7 Å². The zero-order valence-electron chi connectivity index (χ0n) is 9.84. The molecule has 17 heavy (non-hydrogen) atoms. The molecule has 0 bridgehead atoms. The van der Waals surface area contributed by atoms with E-state index in [1.54, 1.807) is 0 Å². The van der Waals surface area contributed by atoms with Crippen LogP contribution in [0.1, 0.15) is 17.2 Å². The Morgan fingerprint density at radius 1 is 1.06 bits per heavy atom. The van der Waals surface area contributed by atoms with Crippen molar-refractivity contribution in [3.63, 3.8) is 0 Å². The second-order valence-electron chi connectivity index (χ2n) is 4.05. The van der Waals surface area contributed by atoms with E-state index >= 15 is 0 Å². The highest BCUT2D eigenvalue weighted by molar-refractivity contribution is 5.27. The van der Waals surface area contributed by atoms with E-state index in [0.717, 1.165) is 16.9 Å². The summed E-state index contributed by atoms with van der Waals surface area (Å²) in [4.78, 5) is 0. The lowest BCUT2D eigenvalue weighted by molar-refractivity contribution is 0.108. The molecule has 1 N–H and O–H groups in total. The smallest absolute Gasteiger partial charge is 0.119 e. The molecule has 2 nitrogen and oxygen atoms in total. The number of aryl methyl sites for hydroxylation is 1. The van der Waals surface area contributed by atoms with Crippen LogP contribution in [0.5, 0.6) is 5.75 Å². The van der Waals surface area contributed by atoms with Crippen LogP contribution in [0.2, 0.25) is 0 Å². The summed E-state index contributed by atoms with van der Waals surface area (Å²) in [5.74, 6) is 0.792. The Balaban J connectivity index is 1.95. The summed E-state index contributed by atoms with van der Waals surface area (Å²) in [6.07, 6.45) is -0.586. The molecule has 0 aliphatic heterocycles. The van der Waals surface area contributed by atoms with Crippen LogP contribution in [0.4, 0.5) is 0 Å². The molecule has 0 aliphatic carbocycles. The molecule has 0 saturated heterocycles. The minimum atomic E-state index is -0.586. The average Bonchev–Trinajstić information content (AvgIpc) is 2.37. The van der Waals surface area contributed by atoms with Crippen molar-refractivity contribution in [2.24, 2.45) is 0 Å². The predicted octanol–water partition coefficient (Wildman–Crippen LogP) is 3.11. The summed E-state index contributed by atoms with van der Waals surface area (Å²) in [6, 6.07) is 17.3. The van der Waals surface area contributed by atoms with Crippen molar-refractivity contribution in [3.8, 4) is 5.75 Å². The molecule has 2 heteroatoms. The molecule has 2 rings (SSSR count). The predicted molar refractivity (Wildman–Crippen MR) is 68.1 cm³/mol. The Labute approximate surface area is 101 Å². The Hall–Kier alpha value is -1.80. The van der Waals surface area contributed by atoms with Gasteiger partial charge in [-0.2, -0.15) is 0 Å². The molecule has 2 aromatic rings. The van der Waals surface area contributed by atoms with E-state index < -0.39 is 6.10 Å². The quantitative estimate of drug-likeness (QED) is 0.871. The van der Waals surface area contributed by atoms with Gasteiger partial charge in [-0.25, -0.2) is 0 Å². The largest absolute Gasteiger partial charge is 0.491 e. The van der Waals surface area contributed by atoms with E-state index in [1.807, 2.05) is 61.5 Å². The molecule has 0 aromatic heterocycles. The van der Waals surface area contributed by atoms with Crippen molar-refractivity contribution in [2.45, 2.75) is 13.0 Å². The number of ether oxygens (including phenoxy) is 1. The van der Waals surface area contributed by atoms with E-state index in [2.05, 4.69) is 0 Å². The molecule has 0 spiro atoms. The first kappa shape index (κ1) is 11.7. The van der Waals surface area contributed by atoms with Gasteiger partial charge in [0.2, 0.25) is 0 Å². The monoisotopic (exact) mass is 228 g/mol. The fraction of sp³-hybridized carbons (Fsp3) is 0.200. The second kappa shape index (κ2) is 5.51. The topological polar surface area (TPSA) is 29.5 Å². The molecule has 1 atom stereocenters. The highest BCUT2D eigenvalue weighted by Gasteiger charge is 2.07. The minimum absolute atomic E-state index is 0.271. The molecular formula is C15H16O2. The van der Waals surface area contributed by atoms with E-state index in [9.17, 15) is 5.11 Å². The molecule has 0 heterocycles. The highest BCUT2D eigenvalue weighted by Crippen LogP contribution is 2.17. The molecule has 0 fully saturated rings. The van der Waals surface area contributed by atoms with Crippen molar-refractivity contribution >= 4 is 0 Å². The number of hydrogen-bond donors (Lipinski definition) is 1. The maximum Gasteiger partial charge on any atom is 0.119 e. The first-order valence-corrected chi connectivity index (χ1v) is 5.68. The minimum Gasteiger partial charge on any atom is -0.491 e. The normalized spacial score (nSPS) is 12.1. The fourth-order valence-corrected chi connectivity index (χ4v) is 1.65. The van der Waals surface area contributed by atoms with Gasteiger partial charge in [0, 0.05) is 0 Å². The molecular weight excluding hydrogens is 212 g/mol. The van der Waals surface area contributed by atoms with Crippen molar-refractivity contribution in [3.05, 3.63) is 65.7 Å². The third-order valence-corrected chi connectivity index (χ3v) is 2.58. The van der Waals surface area contributed by atoms with Crippen LogP contribution < -0.4 is 4.74 Å². The van der Waals surface area contributed by atoms with Crippen molar-refractivity contribution < 1.29 is 9.84 Å². The lowest BCUT2D eigenvalue weighted by Gasteiger charge is -2.12. The first-order chi connectivity index (χ1) is 8.25. The van der Waals surface area contributed by atoms with E-state index in [1.165, 1.54) is 0 Å². The van der Waals surface area contributed by atoms with Gasteiger partial charge in [-0.1, -0.05) is 42.5 Å². The highest BCUT2D eigenvalue weighted by atomic mass is 16.5. The summed E-state index contributed by atoms with van der Waals surface area (Å²) in [5.41, 5.74) is 2.02. The molecule has 0 radical (unpaired) electrons. The third-order valence-electron chi connectivity index (χ3n) is 2.58. The Kier molecular flexibility index (Phi) is 3.78. The van der Waals surface area contributed by atoms with Gasteiger partial charge < -0.3 is 9.84 Å². The van der Waals surface area contributed by atoms with E-state index in [-0.39, 0.29) is 6.61 Å². The van der Waals surface area contributed by atoms with Crippen molar-refractivity contribution in [2.75, 3.05) is 6.61 Å². The van der Waals surface area contributed by atoms with Gasteiger partial charge in [0.25, 0.3) is 0 Å². The van der Waals surface area contributed by atoms with Gasteiger partial charge >= 0.3 is 0 Å². The number of benzene rings is 2. The van der Waals surface area contributed by atoms with Gasteiger partial charge in [-0.15, -0.1) is 0 Å². The Morgan fingerprint density at radius 2 is 1.82 bits per heavy atom. The maximum absolute atomic E-state index is 9.93. The second-order valence-corrected chi connectivity index (χ2v) is 4.05. The average molecular weight is 228 g/mol. The van der Waals surface area contributed by atoms with Gasteiger partial charge in [0.15, 0.2) is 0 Å². The van der Waals surface area contributed by atoms with E-state index in [0.29, 0.717) is 0 Å². The zero-order valence-corrected chi connectivity index (χ0v) is 9.84. The summed E-state index contributed by atoms with van der Waals surface area (Å²) < 4.78 is 5.55. The van der Waals surface area contributed by atoms with Crippen LogP contribution in [0.3, 0.4) is 0 Å². The number of hydrogen-bond acceptors (Lipinski definition) is 2. The third kappa shape index (κ3) is 3.33. The summed E-state index contributed by atoms with van der Waals surface area (Å²) in [7, 11) is 0. The van der Waals surface area contributed by atoms with Crippen LogP contribution in [0, 0.1) is 6.92 Å². The Morgan fingerprint density at radius 3 is 2.53 bits per heavy atom. The van der Waals surface area contributed by atoms with Gasteiger partial charge in [-0.3, -0.25) is 0 Å². The molecule has 0 saturated carbocycles. The molecule has 88 valence electrons. The number of rotatable bonds is 4. The standard InChI is InChI=1S/C15H16O2/c1-12-6-5-9-14(10-12)17-11-15(16)13-7-3-2-4-8-13/h2-10,15-16H,11H2,1H3. The van der Waals surface area contributed by atoms with Crippen LogP contribution in [0.25, 0.3) is 0 Å². The van der Waals surface area contributed by atoms with Gasteiger partial charge in [0.05, 0.1) is 0 Å². The van der Waals surface area contributed by atoms with Gasteiger partial charge in [-0.05, 0) is 30.2 Å². The molecule has 1 unspecified atom stereocenters. The van der Waals surface area contributed by atoms with Crippen LogP contribution in [-0.2, 0) is 0 Å². The van der Waals surface area contributed by atoms with Crippen LogP contribution in [0.15, 0.2) is 54.6 Å². The van der Waals surface area contributed by atoms with Crippen LogP contribution >= 0.6 is 0 Å². The first-order valence-electron chi connectivity index (χ1n) is 5.68.